The molecule has 0 radical (unpaired) electrons. The Kier molecular flexibility index (Phi) is 8.35. The van der Waals surface area contributed by atoms with E-state index >= 15 is 0 Å². The van der Waals surface area contributed by atoms with E-state index in [1.165, 1.54) is 0 Å². The Morgan fingerprint density at radius 2 is 1.50 bits per heavy atom. The average molecular weight is 464 g/mol. The molecule has 2 amide bonds. The van der Waals surface area contributed by atoms with Crippen molar-refractivity contribution in [1.29, 1.82) is 0 Å². The summed E-state index contributed by atoms with van der Waals surface area (Å²) in [6.45, 7) is 6.23. The van der Waals surface area contributed by atoms with Gasteiger partial charge in [0.2, 0.25) is 5.91 Å². The Morgan fingerprint density at radius 1 is 0.882 bits per heavy atom. The molecule has 0 aliphatic carbocycles. The number of hydrogen-bond donors (Lipinski definition) is 0. The van der Waals surface area contributed by atoms with E-state index in [1.807, 2.05) is 65.4 Å². The predicted octanol–water partition coefficient (Wildman–Crippen LogP) is 3.43. The summed E-state index contributed by atoms with van der Waals surface area (Å²) in [5.74, 6) is 0.343. The minimum absolute atomic E-state index is 0.0767. The van der Waals surface area contributed by atoms with Crippen LogP contribution in [0.4, 0.5) is 0 Å². The SMILES string of the molecule is CN(CCCCN1CCC(C(=O)N2CCOCC2)(c2ccccc2)CC1)C(=O)c1ccccc1. The molecule has 2 heterocycles. The number of likely N-dealkylation sites (tertiary alicyclic amines) is 1. The molecule has 2 aliphatic heterocycles. The normalized spacial score (nSPS) is 18.4. The van der Waals surface area contributed by atoms with Crippen molar-refractivity contribution < 1.29 is 14.3 Å². The van der Waals surface area contributed by atoms with Crippen LogP contribution in [0.25, 0.3) is 0 Å². The summed E-state index contributed by atoms with van der Waals surface area (Å²) in [7, 11) is 1.88. The second-order valence-corrected chi connectivity index (χ2v) is 9.49. The number of carbonyl (C=O) groups excluding carboxylic acids is 2. The average Bonchev–Trinajstić information content (AvgIpc) is 2.92. The van der Waals surface area contributed by atoms with Crippen molar-refractivity contribution in [3.8, 4) is 0 Å². The molecule has 0 spiro atoms. The van der Waals surface area contributed by atoms with Crippen LogP contribution in [-0.4, -0.2) is 86.0 Å². The molecule has 6 nitrogen and oxygen atoms in total. The van der Waals surface area contributed by atoms with Gasteiger partial charge in [0.25, 0.3) is 5.91 Å². The molecule has 2 aromatic rings. The molecule has 0 bridgehead atoms. The quantitative estimate of drug-likeness (QED) is 0.563. The van der Waals surface area contributed by atoms with Gasteiger partial charge in [-0.25, -0.2) is 0 Å². The van der Waals surface area contributed by atoms with Gasteiger partial charge in [0, 0.05) is 32.2 Å². The second-order valence-electron chi connectivity index (χ2n) is 9.49. The van der Waals surface area contributed by atoms with Crippen molar-refractivity contribution in [2.75, 3.05) is 59.5 Å². The molecular formula is C28H37N3O3. The van der Waals surface area contributed by atoms with Crippen LogP contribution in [0.1, 0.15) is 41.6 Å². The Balaban J connectivity index is 1.28. The molecule has 0 atom stereocenters. The third kappa shape index (κ3) is 5.68. The molecule has 182 valence electrons. The highest BCUT2D eigenvalue weighted by Crippen LogP contribution is 2.37. The van der Waals surface area contributed by atoms with Crippen LogP contribution >= 0.6 is 0 Å². The molecular weight excluding hydrogens is 426 g/mol. The highest BCUT2D eigenvalue weighted by molar-refractivity contribution is 5.94. The predicted molar refractivity (Wildman–Crippen MR) is 134 cm³/mol. The lowest BCUT2D eigenvalue weighted by molar-refractivity contribution is -0.143. The maximum absolute atomic E-state index is 13.7. The van der Waals surface area contributed by atoms with Crippen LogP contribution in [0, 0.1) is 0 Å². The standard InChI is InChI=1S/C28H37N3O3/c1-29(26(32)24-10-4-2-5-11-24)16-8-9-17-30-18-14-28(15-19-30,25-12-6-3-7-13-25)27(33)31-20-22-34-23-21-31/h2-7,10-13H,8-9,14-23H2,1H3. The fourth-order valence-electron chi connectivity index (χ4n) is 5.20. The summed E-state index contributed by atoms with van der Waals surface area (Å²) in [5.41, 5.74) is 1.45. The zero-order valence-electron chi connectivity index (χ0n) is 20.3. The van der Waals surface area contributed by atoms with Crippen molar-refractivity contribution in [1.82, 2.24) is 14.7 Å². The number of hydrogen-bond acceptors (Lipinski definition) is 4. The Labute approximate surface area is 203 Å². The van der Waals surface area contributed by atoms with Crippen molar-refractivity contribution in [2.24, 2.45) is 0 Å². The number of carbonyl (C=O) groups is 2. The van der Waals surface area contributed by atoms with Gasteiger partial charge in [-0.1, -0.05) is 48.5 Å². The number of nitrogens with zero attached hydrogens (tertiary/aromatic N) is 3. The van der Waals surface area contributed by atoms with E-state index < -0.39 is 5.41 Å². The van der Waals surface area contributed by atoms with Crippen molar-refractivity contribution >= 4 is 11.8 Å². The Morgan fingerprint density at radius 3 is 2.15 bits per heavy atom. The van der Waals surface area contributed by atoms with Gasteiger partial charge in [-0.3, -0.25) is 9.59 Å². The van der Waals surface area contributed by atoms with Crippen LogP contribution in [0.2, 0.25) is 0 Å². The van der Waals surface area contributed by atoms with E-state index in [2.05, 4.69) is 17.0 Å². The molecule has 0 unspecified atom stereocenters. The first kappa shape index (κ1) is 24.4. The third-order valence-corrected chi connectivity index (χ3v) is 7.33. The molecule has 2 saturated heterocycles. The summed E-state index contributed by atoms with van der Waals surface area (Å²) in [5, 5.41) is 0. The summed E-state index contributed by atoms with van der Waals surface area (Å²) in [6, 6.07) is 19.8. The minimum atomic E-state index is -0.433. The zero-order chi connectivity index (χ0) is 23.8. The van der Waals surface area contributed by atoms with Crippen LogP contribution in [0.3, 0.4) is 0 Å². The highest BCUT2D eigenvalue weighted by atomic mass is 16.5. The number of unbranched alkanes of at least 4 members (excludes halogenated alkanes) is 1. The zero-order valence-corrected chi connectivity index (χ0v) is 20.3. The molecule has 0 aromatic heterocycles. The first-order valence-corrected chi connectivity index (χ1v) is 12.6. The number of ether oxygens (including phenoxy) is 1. The number of rotatable bonds is 8. The van der Waals surface area contributed by atoms with Gasteiger partial charge in [0.15, 0.2) is 0 Å². The van der Waals surface area contributed by atoms with E-state index in [0.717, 1.165) is 63.0 Å². The van der Waals surface area contributed by atoms with Crippen LogP contribution in [-0.2, 0) is 14.9 Å². The van der Waals surface area contributed by atoms with Gasteiger partial charge >= 0.3 is 0 Å². The van der Waals surface area contributed by atoms with E-state index in [9.17, 15) is 9.59 Å². The summed E-state index contributed by atoms with van der Waals surface area (Å²) < 4.78 is 5.48. The molecule has 2 aliphatic rings. The molecule has 0 saturated carbocycles. The maximum atomic E-state index is 13.7. The van der Waals surface area contributed by atoms with E-state index in [1.54, 1.807) is 0 Å². The molecule has 34 heavy (non-hydrogen) atoms. The van der Waals surface area contributed by atoms with Gasteiger partial charge < -0.3 is 19.4 Å². The van der Waals surface area contributed by atoms with E-state index in [-0.39, 0.29) is 11.8 Å². The van der Waals surface area contributed by atoms with Crippen LogP contribution in [0.15, 0.2) is 60.7 Å². The summed E-state index contributed by atoms with van der Waals surface area (Å²) >= 11 is 0. The van der Waals surface area contributed by atoms with Crippen molar-refractivity contribution in [3.05, 3.63) is 71.8 Å². The lowest BCUT2D eigenvalue weighted by Gasteiger charge is -2.44. The van der Waals surface area contributed by atoms with E-state index in [4.69, 9.17) is 4.74 Å². The van der Waals surface area contributed by atoms with Gasteiger partial charge in [0.1, 0.15) is 0 Å². The minimum Gasteiger partial charge on any atom is -0.378 e. The van der Waals surface area contributed by atoms with Crippen LogP contribution < -0.4 is 0 Å². The van der Waals surface area contributed by atoms with E-state index in [0.29, 0.717) is 26.3 Å². The number of amides is 2. The van der Waals surface area contributed by atoms with Crippen LogP contribution in [0.5, 0.6) is 0 Å². The molecule has 2 fully saturated rings. The first-order chi connectivity index (χ1) is 16.6. The van der Waals surface area contributed by atoms with Crippen molar-refractivity contribution in [2.45, 2.75) is 31.1 Å². The van der Waals surface area contributed by atoms with Gasteiger partial charge in [-0.2, -0.15) is 0 Å². The second kappa shape index (κ2) is 11.6. The molecule has 6 heteroatoms. The van der Waals surface area contributed by atoms with Gasteiger partial charge in [-0.05, 0) is 63.0 Å². The summed E-state index contributed by atoms with van der Waals surface area (Å²) in [4.78, 5) is 32.5. The number of piperidine rings is 1. The number of benzene rings is 2. The van der Waals surface area contributed by atoms with Crippen molar-refractivity contribution in [3.63, 3.8) is 0 Å². The molecule has 4 rings (SSSR count). The fourth-order valence-corrected chi connectivity index (χ4v) is 5.20. The first-order valence-electron chi connectivity index (χ1n) is 12.6. The smallest absolute Gasteiger partial charge is 0.253 e. The Bertz CT molecular complexity index is 920. The molecule has 2 aromatic carbocycles. The largest absolute Gasteiger partial charge is 0.378 e. The lowest BCUT2D eigenvalue weighted by atomic mass is 9.71. The molecule has 0 N–H and O–H groups in total. The van der Waals surface area contributed by atoms with Gasteiger partial charge in [-0.15, -0.1) is 0 Å². The fraction of sp³-hybridized carbons (Fsp3) is 0.500. The third-order valence-electron chi connectivity index (χ3n) is 7.33. The topological polar surface area (TPSA) is 53.1 Å². The lowest BCUT2D eigenvalue weighted by Crippen LogP contribution is -2.55. The maximum Gasteiger partial charge on any atom is 0.253 e. The number of morpholine rings is 1. The summed E-state index contributed by atoms with van der Waals surface area (Å²) in [6.07, 6.45) is 3.71. The Hall–Kier alpha value is -2.70. The monoisotopic (exact) mass is 463 g/mol. The highest BCUT2D eigenvalue weighted by Gasteiger charge is 2.45. The van der Waals surface area contributed by atoms with Gasteiger partial charge in [0.05, 0.1) is 18.6 Å².